The zero-order valence-corrected chi connectivity index (χ0v) is 12.1. The lowest BCUT2D eigenvalue weighted by Crippen LogP contribution is -2.26. The summed E-state index contributed by atoms with van der Waals surface area (Å²) in [5.41, 5.74) is -0.0411. The maximum Gasteiger partial charge on any atom is 0.320 e. The van der Waals surface area contributed by atoms with Crippen LogP contribution in [-0.2, 0) is 14.3 Å². The molecule has 0 radical (unpaired) electrons. The van der Waals surface area contributed by atoms with E-state index in [0.29, 0.717) is 12.2 Å². The minimum atomic E-state index is -1.23. The highest BCUT2D eigenvalue weighted by molar-refractivity contribution is 5.93. The van der Waals surface area contributed by atoms with E-state index in [2.05, 4.69) is 0 Å². The van der Waals surface area contributed by atoms with Gasteiger partial charge in [-0.1, -0.05) is 0 Å². The van der Waals surface area contributed by atoms with Crippen LogP contribution in [0, 0.1) is 16.0 Å². The summed E-state index contributed by atoms with van der Waals surface area (Å²) in [6.45, 7) is 1.93. The minimum Gasteiger partial charge on any atom is -0.494 e. The van der Waals surface area contributed by atoms with Crippen molar-refractivity contribution in [3.05, 3.63) is 34.4 Å². The highest BCUT2D eigenvalue weighted by Gasteiger charge is 2.26. The zero-order valence-electron chi connectivity index (χ0n) is 12.1. The second-order valence-corrected chi connectivity index (χ2v) is 4.38. The van der Waals surface area contributed by atoms with Crippen molar-refractivity contribution in [2.75, 3.05) is 13.2 Å². The predicted molar refractivity (Wildman–Crippen MR) is 75.6 cm³/mol. The lowest BCUT2D eigenvalue weighted by Gasteiger charge is -2.11. The van der Waals surface area contributed by atoms with Crippen molar-refractivity contribution in [3.8, 4) is 5.75 Å². The van der Waals surface area contributed by atoms with Crippen LogP contribution in [0.2, 0.25) is 0 Å². The van der Waals surface area contributed by atoms with Crippen LogP contribution in [-0.4, -0.2) is 35.2 Å². The first-order valence-corrected chi connectivity index (χ1v) is 6.72. The average molecular weight is 311 g/mol. The first kappa shape index (κ1) is 17.4. The number of non-ortho nitro benzene ring substituents is 1. The van der Waals surface area contributed by atoms with E-state index < -0.39 is 22.8 Å². The smallest absolute Gasteiger partial charge is 0.320 e. The molecule has 1 rings (SSSR count). The number of carbonyl (C=O) groups is 2. The first-order valence-electron chi connectivity index (χ1n) is 6.72. The predicted octanol–water partition coefficient (Wildman–Crippen LogP) is 2.02. The van der Waals surface area contributed by atoms with Crippen molar-refractivity contribution in [3.63, 3.8) is 0 Å². The maximum atomic E-state index is 11.4. The first-order chi connectivity index (χ1) is 10.5. The molecule has 0 spiro atoms. The highest BCUT2D eigenvalue weighted by atomic mass is 16.6. The zero-order chi connectivity index (χ0) is 16.5. The second kappa shape index (κ2) is 8.60. The van der Waals surface area contributed by atoms with Gasteiger partial charge in [-0.05, 0) is 31.9 Å². The van der Waals surface area contributed by atoms with Crippen molar-refractivity contribution in [1.82, 2.24) is 0 Å². The molecular formula is C14H17NO7. The summed E-state index contributed by atoms with van der Waals surface area (Å²) in [5, 5.41) is 19.5. The third-order valence-corrected chi connectivity index (χ3v) is 2.82. The number of ether oxygens (including phenoxy) is 2. The third-order valence-electron chi connectivity index (χ3n) is 2.82. The molecule has 1 unspecified atom stereocenters. The SMILES string of the molecule is CCOC(=O)C(CCCOc1ccc([N+](=O)[O-])cc1)C(=O)O. The van der Waals surface area contributed by atoms with E-state index in [-0.39, 0.29) is 25.3 Å². The number of hydrogen-bond acceptors (Lipinski definition) is 6. The summed E-state index contributed by atoms with van der Waals surface area (Å²) in [4.78, 5) is 32.4. The molecule has 8 heteroatoms. The van der Waals surface area contributed by atoms with Gasteiger partial charge in [0.1, 0.15) is 5.75 Å². The summed E-state index contributed by atoms with van der Waals surface area (Å²) < 4.78 is 10.0. The molecule has 22 heavy (non-hydrogen) atoms. The molecule has 0 saturated heterocycles. The molecule has 0 bridgehead atoms. The van der Waals surface area contributed by atoms with Gasteiger partial charge in [0.15, 0.2) is 5.92 Å². The van der Waals surface area contributed by atoms with Gasteiger partial charge < -0.3 is 14.6 Å². The molecule has 0 fully saturated rings. The largest absolute Gasteiger partial charge is 0.494 e. The molecular weight excluding hydrogens is 294 g/mol. The summed E-state index contributed by atoms with van der Waals surface area (Å²) in [6.07, 6.45) is 0.438. The van der Waals surface area contributed by atoms with Gasteiger partial charge in [-0.25, -0.2) is 0 Å². The Balaban J connectivity index is 2.41. The van der Waals surface area contributed by atoms with Crippen molar-refractivity contribution < 1.29 is 29.1 Å². The van der Waals surface area contributed by atoms with Crippen LogP contribution in [0.5, 0.6) is 5.75 Å². The number of carboxylic acids is 1. The van der Waals surface area contributed by atoms with Crippen LogP contribution >= 0.6 is 0 Å². The number of aliphatic carboxylic acids is 1. The van der Waals surface area contributed by atoms with Crippen molar-refractivity contribution in [2.45, 2.75) is 19.8 Å². The summed E-state index contributed by atoms with van der Waals surface area (Å²) in [7, 11) is 0. The van der Waals surface area contributed by atoms with Gasteiger partial charge in [0.25, 0.3) is 5.69 Å². The summed E-state index contributed by atoms with van der Waals surface area (Å²) in [5.74, 6) is -2.76. The molecule has 120 valence electrons. The van der Waals surface area contributed by atoms with Gasteiger partial charge in [-0.3, -0.25) is 19.7 Å². The topological polar surface area (TPSA) is 116 Å². The number of esters is 1. The van der Waals surface area contributed by atoms with Gasteiger partial charge in [-0.2, -0.15) is 0 Å². The molecule has 0 aliphatic rings. The number of hydrogen-bond donors (Lipinski definition) is 1. The Hall–Kier alpha value is -2.64. The number of nitro groups is 1. The van der Waals surface area contributed by atoms with E-state index in [0.717, 1.165) is 0 Å². The van der Waals surface area contributed by atoms with E-state index in [1.54, 1.807) is 6.92 Å². The van der Waals surface area contributed by atoms with Crippen molar-refractivity contribution in [1.29, 1.82) is 0 Å². The van der Waals surface area contributed by atoms with E-state index in [9.17, 15) is 19.7 Å². The number of carboxylic acid groups (broad SMARTS) is 1. The quantitative estimate of drug-likeness (QED) is 0.244. The number of rotatable bonds is 9. The van der Waals surface area contributed by atoms with E-state index in [1.165, 1.54) is 24.3 Å². The third kappa shape index (κ3) is 5.39. The fourth-order valence-corrected chi connectivity index (χ4v) is 1.73. The molecule has 1 atom stereocenters. The molecule has 1 aromatic rings. The van der Waals surface area contributed by atoms with Crippen molar-refractivity contribution in [2.24, 2.45) is 5.92 Å². The highest BCUT2D eigenvalue weighted by Crippen LogP contribution is 2.18. The molecule has 0 aromatic heterocycles. The molecule has 0 saturated carbocycles. The normalized spacial score (nSPS) is 11.5. The number of carbonyl (C=O) groups excluding carboxylic acids is 1. The van der Waals surface area contributed by atoms with Gasteiger partial charge in [0.05, 0.1) is 18.1 Å². The monoisotopic (exact) mass is 311 g/mol. The van der Waals surface area contributed by atoms with Gasteiger partial charge >= 0.3 is 11.9 Å². The Morgan fingerprint density at radius 2 is 1.95 bits per heavy atom. The molecule has 0 amide bonds. The van der Waals surface area contributed by atoms with Crippen molar-refractivity contribution >= 4 is 17.6 Å². The van der Waals surface area contributed by atoms with Crippen LogP contribution in [0.3, 0.4) is 0 Å². The molecule has 8 nitrogen and oxygen atoms in total. The summed E-state index contributed by atoms with van der Waals surface area (Å²) in [6, 6.07) is 5.54. The second-order valence-electron chi connectivity index (χ2n) is 4.38. The minimum absolute atomic E-state index is 0.0411. The molecule has 0 heterocycles. The Morgan fingerprint density at radius 1 is 1.32 bits per heavy atom. The van der Waals surface area contributed by atoms with E-state index in [4.69, 9.17) is 14.6 Å². The maximum absolute atomic E-state index is 11.4. The van der Waals surface area contributed by atoms with Crippen LogP contribution in [0.15, 0.2) is 24.3 Å². The average Bonchev–Trinajstić information content (AvgIpc) is 2.47. The van der Waals surface area contributed by atoms with Crippen LogP contribution in [0.4, 0.5) is 5.69 Å². The number of benzene rings is 1. The van der Waals surface area contributed by atoms with Gasteiger partial charge in [-0.15, -0.1) is 0 Å². The molecule has 0 aliphatic heterocycles. The van der Waals surface area contributed by atoms with E-state index >= 15 is 0 Å². The number of nitrogens with zero attached hydrogens (tertiary/aromatic N) is 1. The Kier molecular flexibility index (Phi) is 6.81. The fourth-order valence-electron chi connectivity index (χ4n) is 1.73. The van der Waals surface area contributed by atoms with Crippen LogP contribution in [0.1, 0.15) is 19.8 Å². The Labute approximate surface area is 126 Å². The van der Waals surface area contributed by atoms with Crippen LogP contribution in [0.25, 0.3) is 0 Å². The lowest BCUT2D eigenvalue weighted by molar-refractivity contribution is -0.384. The summed E-state index contributed by atoms with van der Waals surface area (Å²) >= 11 is 0. The Bertz CT molecular complexity index is 526. The van der Waals surface area contributed by atoms with Gasteiger partial charge in [0, 0.05) is 12.1 Å². The molecule has 1 aromatic carbocycles. The van der Waals surface area contributed by atoms with Gasteiger partial charge in [0.2, 0.25) is 0 Å². The molecule has 0 aliphatic carbocycles. The standard InChI is InChI=1S/C14H17NO7/c1-2-21-14(18)12(13(16)17)4-3-9-22-11-7-5-10(6-8-11)15(19)20/h5-8,12H,2-4,9H2,1H3,(H,16,17). The van der Waals surface area contributed by atoms with Crippen LogP contribution < -0.4 is 4.74 Å². The lowest BCUT2D eigenvalue weighted by atomic mass is 10.0. The molecule has 1 N–H and O–H groups in total. The van der Waals surface area contributed by atoms with E-state index in [1.807, 2.05) is 0 Å². The fraction of sp³-hybridized carbons (Fsp3) is 0.429. The number of nitro benzene ring substituents is 1. The Morgan fingerprint density at radius 3 is 2.45 bits per heavy atom.